The van der Waals surface area contributed by atoms with Gasteiger partial charge < -0.3 is 10.8 Å². The van der Waals surface area contributed by atoms with E-state index in [0.29, 0.717) is 0 Å². The molecule has 106 valence electrons. The highest BCUT2D eigenvalue weighted by Crippen LogP contribution is 2.16. The minimum absolute atomic E-state index is 0.0138. The van der Waals surface area contributed by atoms with Crippen LogP contribution in [0.15, 0.2) is 0 Å². The van der Waals surface area contributed by atoms with E-state index < -0.39 is 24.7 Å². The van der Waals surface area contributed by atoms with Crippen LogP contribution in [0.25, 0.3) is 0 Å². The first-order chi connectivity index (χ1) is 8.24. The van der Waals surface area contributed by atoms with E-state index >= 15 is 0 Å². The number of primary amides is 1. The highest BCUT2D eigenvalue weighted by atomic mass is 19.4. The second-order valence-corrected chi connectivity index (χ2v) is 3.63. The Bertz CT molecular complexity index is 284. The number of imide groups is 1. The Hall–Kier alpha value is -1.35. The van der Waals surface area contributed by atoms with Crippen LogP contribution < -0.4 is 11.1 Å². The van der Waals surface area contributed by atoms with E-state index in [1.165, 1.54) is 0 Å². The summed E-state index contributed by atoms with van der Waals surface area (Å²) in [5.41, 5.74) is 4.68. The van der Waals surface area contributed by atoms with E-state index in [4.69, 9.17) is 5.11 Å². The third kappa shape index (κ3) is 9.85. The van der Waals surface area contributed by atoms with Crippen LogP contribution in [0, 0.1) is 0 Å². The number of amides is 3. The number of rotatable bonds is 7. The van der Waals surface area contributed by atoms with Crippen molar-refractivity contribution >= 4 is 11.9 Å². The summed E-state index contributed by atoms with van der Waals surface area (Å²) in [4.78, 5) is 22.3. The number of carbonyl (C=O) groups excluding carboxylic acids is 2. The van der Waals surface area contributed by atoms with E-state index in [9.17, 15) is 22.8 Å². The molecule has 0 aromatic carbocycles. The first-order valence-corrected chi connectivity index (χ1v) is 5.24. The van der Waals surface area contributed by atoms with Gasteiger partial charge in [-0.1, -0.05) is 0 Å². The quantitative estimate of drug-likeness (QED) is 0.598. The van der Waals surface area contributed by atoms with Gasteiger partial charge in [0.25, 0.3) is 0 Å². The molecule has 0 heterocycles. The van der Waals surface area contributed by atoms with Crippen LogP contribution in [-0.2, 0) is 4.79 Å². The van der Waals surface area contributed by atoms with Gasteiger partial charge in [0.15, 0.2) is 0 Å². The summed E-state index contributed by atoms with van der Waals surface area (Å²) in [5, 5.41) is 10.3. The van der Waals surface area contributed by atoms with Gasteiger partial charge in [0, 0.05) is 26.1 Å². The first kappa shape index (κ1) is 16.6. The van der Waals surface area contributed by atoms with E-state index in [-0.39, 0.29) is 32.5 Å². The zero-order chi connectivity index (χ0) is 14.2. The maximum atomic E-state index is 12.2. The average molecular weight is 271 g/mol. The number of hydrogen-bond donors (Lipinski definition) is 3. The Morgan fingerprint density at radius 2 is 1.89 bits per heavy atom. The fourth-order valence-electron chi connectivity index (χ4n) is 1.28. The topological polar surface area (TPSA) is 95.7 Å². The number of halogens is 3. The number of nitrogens with zero attached hydrogens (tertiary/aromatic N) is 1. The van der Waals surface area contributed by atoms with Crippen molar-refractivity contribution in [3.8, 4) is 0 Å². The number of urea groups is 1. The maximum absolute atomic E-state index is 12.2. The summed E-state index contributed by atoms with van der Waals surface area (Å²) in [7, 11) is 0. The molecule has 0 atom stereocenters. The van der Waals surface area contributed by atoms with Gasteiger partial charge in [-0.3, -0.25) is 15.0 Å². The lowest BCUT2D eigenvalue weighted by atomic mass is 10.3. The van der Waals surface area contributed by atoms with Crippen molar-refractivity contribution in [1.29, 1.82) is 0 Å². The number of alkyl halides is 3. The summed E-state index contributed by atoms with van der Waals surface area (Å²) in [5.74, 6) is -0.737. The molecule has 0 saturated heterocycles. The number of aliphatic hydroxyl groups is 1. The lowest BCUT2D eigenvalue weighted by Gasteiger charge is -2.22. The standard InChI is InChI=1S/C9H16F3N3O3/c10-9(11,12)6-15(3-1-5-16)4-2-7(17)14-8(13)18/h16H,1-6H2,(H3,13,14,17,18). The molecule has 18 heavy (non-hydrogen) atoms. The normalized spacial score (nSPS) is 11.6. The van der Waals surface area contributed by atoms with Gasteiger partial charge in [0.05, 0.1) is 6.54 Å². The number of hydrogen-bond acceptors (Lipinski definition) is 4. The largest absolute Gasteiger partial charge is 0.401 e. The summed E-state index contributed by atoms with van der Waals surface area (Å²) in [6.45, 7) is -1.56. The molecule has 0 spiro atoms. The Labute approximate surface area is 102 Å². The number of aliphatic hydroxyl groups excluding tert-OH is 1. The molecule has 0 aromatic heterocycles. The summed E-state index contributed by atoms with van der Waals surface area (Å²) in [6.07, 6.45) is -4.48. The first-order valence-electron chi connectivity index (χ1n) is 5.24. The van der Waals surface area contributed by atoms with Gasteiger partial charge in [0.1, 0.15) is 0 Å². The summed E-state index contributed by atoms with van der Waals surface area (Å²) < 4.78 is 36.6. The molecule has 0 aliphatic carbocycles. The van der Waals surface area contributed by atoms with Gasteiger partial charge in [-0.05, 0) is 6.42 Å². The fourth-order valence-corrected chi connectivity index (χ4v) is 1.28. The molecule has 0 aromatic rings. The highest BCUT2D eigenvalue weighted by Gasteiger charge is 2.30. The van der Waals surface area contributed by atoms with E-state index in [1.54, 1.807) is 5.32 Å². The van der Waals surface area contributed by atoms with Crippen molar-refractivity contribution in [2.75, 3.05) is 26.2 Å². The van der Waals surface area contributed by atoms with Crippen LogP contribution in [0.2, 0.25) is 0 Å². The number of nitrogens with one attached hydrogen (secondary N) is 1. The molecule has 0 unspecified atom stereocenters. The fraction of sp³-hybridized carbons (Fsp3) is 0.778. The van der Waals surface area contributed by atoms with Crippen molar-refractivity contribution in [2.24, 2.45) is 5.73 Å². The molecule has 0 fully saturated rings. The molecule has 0 aliphatic rings. The molecule has 0 rings (SSSR count). The van der Waals surface area contributed by atoms with Crippen molar-refractivity contribution in [2.45, 2.75) is 19.0 Å². The second-order valence-electron chi connectivity index (χ2n) is 3.63. The molecule has 3 amide bonds. The molecule has 9 heteroatoms. The smallest absolute Gasteiger partial charge is 0.396 e. The predicted molar refractivity (Wildman–Crippen MR) is 56.5 cm³/mol. The van der Waals surface area contributed by atoms with E-state index in [0.717, 1.165) is 4.90 Å². The van der Waals surface area contributed by atoms with Crippen LogP contribution in [0.5, 0.6) is 0 Å². The zero-order valence-electron chi connectivity index (χ0n) is 9.66. The van der Waals surface area contributed by atoms with Crippen LogP contribution in [0.3, 0.4) is 0 Å². The number of carbonyl (C=O) groups is 2. The van der Waals surface area contributed by atoms with Crippen LogP contribution in [-0.4, -0.2) is 54.4 Å². The Balaban J connectivity index is 4.15. The Morgan fingerprint density at radius 1 is 1.28 bits per heavy atom. The molecule has 6 nitrogen and oxygen atoms in total. The maximum Gasteiger partial charge on any atom is 0.401 e. The van der Waals surface area contributed by atoms with Crippen LogP contribution in [0.1, 0.15) is 12.8 Å². The molecule has 0 radical (unpaired) electrons. The van der Waals surface area contributed by atoms with Crippen molar-refractivity contribution in [3.05, 3.63) is 0 Å². The van der Waals surface area contributed by atoms with E-state index in [2.05, 4.69) is 5.73 Å². The molecular formula is C9H16F3N3O3. The molecular weight excluding hydrogens is 255 g/mol. The molecule has 4 N–H and O–H groups in total. The lowest BCUT2D eigenvalue weighted by Crippen LogP contribution is -2.40. The average Bonchev–Trinajstić information content (AvgIpc) is 2.19. The molecule has 0 bridgehead atoms. The third-order valence-corrected chi connectivity index (χ3v) is 1.95. The van der Waals surface area contributed by atoms with Gasteiger partial charge in [0.2, 0.25) is 5.91 Å². The third-order valence-electron chi connectivity index (χ3n) is 1.95. The summed E-state index contributed by atoms with van der Waals surface area (Å²) >= 11 is 0. The Kier molecular flexibility index (Phi) is 7.29. The Morgan fingerprint density at radius 3 is 2.33 bits per heavy atom. The van der Waals surface area contributed by atoms with Gasteiger partial charge in [-0.2, -0.15) is 13.2 Å². The lowest BCUT2D eigenvalue weighted by molar-refractivity contribution is -0.147. The zero-order valence-corrected chi connectivity index (χ0v) is 9.66. The SMILES string of the molecule is NC(=O)NC(=O)CCN(CCCO)CC(F)(F)F. The van der Waals surface area contributed by atoms with Gasteiger partial charge in [-0.15, -0.1) is 0 Å². The second kappa shape index (κ2) is 7.88. The van der Waals surface area contributed by atoms with Crippen molar-refractivity contribution in [1.82, 2.24) is 10.2 Å². The van der Waals surface area contributed by atoms with Crippen LogP contribution >= 0.6 is 0 Å². The van der Waals surface area contributed by atoms with Gasteiger partial charge >= 0.3 is 12.2 Å². The highest BCUT2D eigenvalue weighted by molar-refractivity contribution is 5.93. The molecule has 0 aliphatic heterocycles. The van der Waals surface area contributed by atoms with E-state index in [1.807, 2.05) is 0 Å². The van der Waals surface area contributed by atoms with Crippen LogP contribution in [0.4, 0.5) is 18.0 Å². The molecule has 0 saturated carbocycles. The van der Waals surface area contributed by atoms with Crippen molar-refractivity contribution < 1.29 is 27.9 Å². The minimum Gasteiger partial charge on any atom is -0.396 e. The van der Waals surface area contributed by atoms with Crippen molar-refractivity contribution in [3.63, 3.8) is 0 Å². The monoisotopic (exact) mass is 271 g/mol. The van der Waals surface area contributed by atoms with Gasteiger partial charge in [-0.25, -0.2) is 4.79 Å². The predicted octanol–water partition coefficient (Wildman–Crippen LogP) is -0.182. The minimum atomic E-state index is -4.38. The summed E-state index contributed by atoms with van der Waals surface area (Å²) in [6, 6.07) is -1.04. The number of nitrogens with two attached hydrogens (primary N) is 1.